The van der Waals surface area contributed by atoms with Gasteiger partial charge in [-0.2, -0.15) is 0 Å². The number of phenolic OH excluding ortho intramolecular Hbond substituents is 1. The van der Waals surface area contributed by atoms with Crippen LogP contribution in [0.4, 0.5) is 5.69 Å². The average Bonchev–Trinajstić information content (AvgIpc) is 2.83. The van der Waals surface area contributed by atoms with Gasteiger partial charge in [-0.05, 0) is 30.4 Å². The lowest BCUT2D eigenvalue weighted by atomic mass is 9.54. The molecule has 11 nitrogen and oxygen atoms in total. The molecule has 0 spiro atoms. The fourth-order valence-electron chi connectivity index (χ4n) is 6.68. The number of benzene rings is 1. The minimum atomic E-state index is -2.45. The first-order valence-corrected chi connectivity index (χ1v) is 12.5. The Morgan fingerprint density at radius 3 is 2.51 bits per heavy atom. The van der Waals surface area contributed by atoms with Crippen LogP contribution in [-0.2, 0) is 27.3 Å². The van der Waals surface area contributed by atoms with E-state index in [0.29, 0.717) is 50.4 Å². The molecule has 2 unspecified atom stereocenters. The number of rotatable bonds is 4. The van der Waals surface area contributed by atoms with Gasteiger partial charge in [0.2, 0.25) is 5.78 Å². The minimum absolute atomic E-state index is 0.0913. The topological polar surface area (TPSA) is 174 Å². The van der Waals surface area contributed by atoms with Crippen molar-refractivity contribution in [3.05, 3.63) is 34.1 Å². The Hall–Kier alpha value is -2.99. The van der Waals surface area contributed by atoms with Crippen molar-refractivity contribution in [1.29, 1.82) is 0 Å². The summed E-state index contributed by atoms with van der Waals surface area (Å²) < 4.78 is 5.41. The standard InChI is InChI=1S/C26H33N3O8/c1-28(2)16-9-13(11-29-3-5-37-6-4-29)21(31)19-15(16)8-12-7-14-10-17(30)20(25(27)35)24(34)26(14,36)23(33)18(12)22(19)32/h9,12,14,18,23,30-31,33,36H,3-8,10-11H2,1-2H3,(H2,27,35)/t12-,14+,18?,23?,26+/m1/s1. The van der Waals surface area contributed by atoms with Gasteiger partial charge in [-0.1, -0.05) is 0 Å². The van der Waals surface area contributed by atoms with Gasteiger partial charge < -0.3 is 35.8 Å². The van der Waals surface area contributed by atoms with Gasteiger partial charge in [0.15, 0.2) is 11.4 Å². The van der Waals surface area contributed by atoms with Crippen molar-refractivity contribution in [1.82, 2.24) is 4.90 Å². The highest BCUT2D eigenvalue weighted by atomic mass is 16.5. The molecule has 5 rings (SSSR count). The number of aromatic hydroxyl groups is 1. The maximum Gasteiger partial charge on any atom is 0.255 e. The second-order valence-corrected chi connectivity index (χ2v) is 10.8. The quantitative estimate of drug-likeness (QED) is 0.333. The molecular weight excluding hydrogens is 482 g/mol. The number of allylic oxidation sites excluding steroid dienone is 1. The van der Waals surface area contributed by atoms with Gasteiger partial charge in [0.1, 0.15) is 23.2 Å². The van der Waals surface area contributed by atoms with E-state index in [4.69, 9.17) is 10.5 Å². The summed E-state index contributed by atoms with van der Waals surface area (Å²) in [5, 5.41) is 44.4. The maximum absolute atomic E-state index is 14.0. The summed E-state index contributed by atoms with van der Waals surface area (Å²) in [5.74, 6) is -6.12. The van der Waals surface area contributed by atoms with Crippen LogP contribution >= 0.6 is 0 Å². The third-order valence-electron chi connectivity index (χ3n) is 8.53. The molecule has 1 aromatic rings. The second kappa shape index (κ2) is 9.09. The van der Waals surface area contributed by atoms with Gasteiger partial charge in [-0.15, -0.1) is 0 Å². The van der Waals surface area contributed by atoms with Crippen molar-refractivity contribution in [2.24, 2.45) is 23.5 Å². The molecule has 3 aliphatic carbocycles. The number of aliphatic hydroxyl groups excluding tert-OH is 2. The highest BCUT2D eigenvalue weighted by molar-refractivity contribution is 6.23. The Labute approximate surface area is 214 Å². The summed E-state index contributed by atoms with van der Waals surface area (Å²) in [4.78, 5) is 42.9. The molecule has 6 N–H and O–H groups in total. The molecule has 2 fully saturated rings. The third kappa shape index (κ3) is 3.83. The molecule has 1 saturated heterocycles. The van der Waals surface area contributed by atoms with Gasteiger partial charge in [-0.3, -0.25) is 19.3 Å². The fraction of sp³-hybridized carbons (Fsp3) is 0.577. The van der Waals surface area contributed by atoms with Crippen molar-refractivity contribution in [3.8, 4) is 5.75 Å². The lowest BCUT2D eigenvalue weighted by molar-refractivity contribution is -0.182. The van der Waals surface area contributed by atoms with Crippen LogP contribution in [0.15, 0.2) is 17.4 Å². The molecule has 5 atom stereocenters. The number of carbonyl (C=O) groups excluding carboxylic acids is 3. The van der Waals surface area contributed by atoms with Gasteiger partial charge in [0.05, 0.1) is 24.7 Å². The van der Waals surface area contributed by atoms with Crippen LogP contribution in [-0.4, -0.2) is 94.9 Å². The Balaban J connectivity index is 1.57. The van der Waals surface area contributed by atoms with E-state index in [1.165, 1.54) is 0 Å². The third-order valence-corrected chi connectivity index (χ3v) is 8.53. The highest BCUT2D eigenvalue weighted by Crippen LogP contribution is 2.53. The normalized spacial score (nSPS) is 32.0. The Morgan fingerprint density at radius 1 is 1.22 bits per heavy atom. The molecule has 1 heterocycles. The first-order valence-electron chi connectivity index (χ1n) is 12.5. The first kappa shape index (κ1) is 25.7. The van der Waals surface area contributed by atoms with E-state index in [1.54, 1.807) is 0 Å². The number of Topliss-reactive ketones (excluding diaryl/α,β-unsaturated/α-hetero) is 2. The van der Waals surface area contributed by atoms with Gasteiger partial charge in [0.25, 0.3) is 5.91 Å². The number of carbonyl (C=O) groups is 3. The largest absolute Gasteiger partial charge is 0.511 e. The Bertz CT molecular complexity index is 1200. The fourth-order valence-corrected chi connectivity index (χ4v) is 6.68. The first-order chi connectivity index (χ1) is 17.5. The summed E-state index contributed by atoms with van der Waals surface area (Å²) in [5.41, 5.74) is 4.16. The molecule has 0 bridgehead atoms. The predicted octanol–water partition coefficient (Wildman–Crippen LogP) is -0.356. The van der Waals surface area contributed by atoms with E-state index >= 15 is 0 Å². The Kier molecular flexibility index (Phi) is 6.30. The van der Waals surface area contributed by atoms with Gasteiger partial charge in [0, 0.05) is 57.3 Å². The van der Waals surface area contributed by atoms with Gasteiger partial charge >= 0.3 is 0 Å². The summed E-state index contributed by atoms with van der Waals surface area (Å²) in [6, 6.07) is 1.88. The van der Waals surface area contributed by atoms with Crippen LogP contribution in [0.2, 0.25) is 0 Å². The molecule has 0 aromatic heterocycles. The van der Waals surface area contributed by atoms with Crippen LogP contribution < -0.4 is 10.6 Å². The number of primary amides is 1. The summed E-state index contributed by atoms with van der Waals surface area (Å²) in [6.07, 6.45) is -1.56. The Morgan fingerprint density at radius 2 is 1.89 bits per heavy atom. The monoisotopic (exact) mass is 515 g/mol. The predicted molar refractivity (Wildman–Crippen MR) is 131 cm³/mol. The number of anilines is 1. The minimum Gasteiger partial charge on any atom is -0.511 e. The number of amides is 1. The van der Waals surface area contributed by atoms with Crippen LogP contribution in [0.3, 0.4) is 0 Å². The van der Waals surface area contributed by atoms with Gasteiger partial charge in [-0.25, -0.2) is 0 Å². The zero-order valence-electron chi connectivity index (χ0n) is 20.9. The van der Waals surface area contributed by atoms with Crippen molar-refractivity contribution in [3.63, 3.8) is 0 Å². The van der Waals surface area contributed by atoms with Crippen LogP contribution in [0.25, 0.3) is 0 Å². The molecule has 1 aliphatic heterocycles. The zero-order valence-corrected chi connectivity index (χ0v) is 20.9. The number of nitrogens with zero attached hydrogens (tertiary/aromatic N) is 2. The summed E-state index contributed by atoms with van der Waals surface area (Å²) in [6.45, 7) is 2.93. The average molecular weight is 516 g/mol. The number of phenols is 1. The summed E-state index contributed by atoms with van der Waals surface area (Å²) >= 11 is 0. The highest BCUT2D eigenvalue weighted by Gasteiger charge is 2.63. The summed E-state index contributed by atoms with van der Waals surface area (Å²) in [7, 11) is 3.70. The van der Waals surface area contributed by atoms with Crippen LogP contribution in [0.5, 0.6) is 5.75 Å². The molecule has 1 aromatic carbocycles. The molecule has 4 aliphatic rings. The molecule has 37 heavy (non-hydrogen) atoms. The molecule has 1 amide bonds. The number of aliphatic hydroxyl groups is 3. The van der Waals surface area contributed by atoms with E-state index < -0.39 is 58.3 Å². The van der Waals surface area contributed by atoms with Crippen molar-refractivity contribution in [2.75, 3.05) is 45.3 Å². The lowest BCUT2D eigenvalue weighted by Gasteiger charge is -2.52. The number of ketones is 2. The number of fused-ring (bicyclic) bond motifs is 3. The number of hydrogen-bond donors (Lipinski definition) is 5. The number of ether oxygens (including phenoxy) is 1. The zero-order chi connectivity index (χ0) is 26.8. The number of hydrogen-bond acceptors (Lipinski definition) is 10. The van der Waals surface area contributed by atoms with E-state index in [2.05, 4.69) is 4.90 Å². The van der Waals surface area contributed by atoms with E-state index in [0.717, 1.165) is 5.69 Å². The van der Waals surface area contributed by atoms with Crippen molar-refractivity contribution in [2.45, 2.75) is 37.5 Å². The van der Waals surface area contributed by atoms with Crippen molar-refractivity contribution < 1.29 is 39.5 Å². The van der Waals surface area contributed by atoms with E-state index in [1.807, 2.05) is 25.1 Å². The molecule has 11 heteroatoms. The molecule has 1 saturated carbocycles. The van der Waals surface area contributed by atoms with E-state index in [-0.39, 0.29) is 24.2 Å². The van der Waals surface area contributed by atoms with Crippen molar-refractivity contribution >= 4 is 23.2 Å². The smallest absolute Gasteiger partial charge is 0.255 e. The van der Waals surface area contributed by atoms with E-state index in [9.17, 15) is 34.8 Å². The molecule has 0 radical (unpaired) electrons. The SMILES string of the molecule is CN(C)c1cc(CN2CCOCC2)c(O)c2c1C[C@H]1C[C@H]3CC(O)=C(C(N)=O)C(=O)[C@@]3(O)C(O)C1C2=O. The molecule has 200 valence electrons. The second-order valence-electron chi connectivity index (χ2n) is 10.8. The number of morpholine rings is 1. The van der Waals surface area contributed by atoms with Crippen LogP contribution in [0, 0.1) is 17.8 Å². The van der Waals surface area contributed by atoms with Crippen LogP contribution in [0.1, 0.15) is 34.3 Å². The lowest BCUT2D eigenvalue weighted by Crippen LogP contribution is -2.67. The molecular formula is C26H33N3O8. The number of nitrogens with two attached hydrogens (primary N) is 1. The maximum atomic E-state index is 14.0.